The largest absolute Gasteiger partial charge is 0.495 e. The zero-order valence-electron chi connectivity index (χ0n) is 19.7. The van der Waals surface area contributed by atoms with Gasteiger partial charge in [0.05, 0.1) is 18.5 Å². The quantitative estimate of drug-likeness (QED) is 0.477. The molecule has 0 N–H and O–H groups in total. The summed E-state index contributed by atoms with van der Waals surface area (Å²) in [6.45, 7) is 5.85. The second kappa shape index (κ2) is 9.57. The molecule has 5 rings (SSSR count). The van der Waals surface area contributed by atoms with Crippen LogP contribution < -0.4 is 14.7 Å². The molecule has 176 valence electrons. The summed E-state index contributed by atoms with van der Waals surface area (Å²) in [5, 5.41) is 2.61. The Morgan fingerprint density at radius 2 is 1.71 bits per heavy atom. The summed E-state index contributed by atoms with van der Waals surface area (Å²) in [5.41, 5.74) is 5.15. The van der Waals surface area contributed by atoms with Crippen molar-refractivity contribution in [3.05, 3.63) is 77.3 Å². The number of benzene rings is 3. The number of ether oxygens (including phenoxy) is 1. The lowest BCUT2D eigenvalue weighted by Crippen LogP contribution is -2.44. The van der Waals surface area contributed by atoms with Crippen LogP contribution in [0.25, 0.3) is 11.1 Å². The molecule has 0 amide bonds. The molecule has 0 saturated carbocycles. The third-order valence-corrected chi connectivity index (χ3v) is 6.74. The fourth-order valence-corrected chi connectivity index (χ4v) is 4.73. The summed E-state index contributed by atoms with van der Waals surface area (Å²) in [4.78, 5) is 15.6. The Morgan fingerprint density at radius 3 is 2.41 bits per heavy atom. The Morgan fingerprint density at radius 1 is 0.971 bits per heavy atom. The predicted molar refractivity (Wildman–Crippen MR) is 139 cm³/mol. The summed E-state index contributed by atoms with van der Waals surface area (Å²) < 4.78 is 5.69. The van der Waals surface area contributed by atoms with Crippen LogP contribution in [0.2, 0.25) is 5.02 Å². The molecular weight excluding hydrogens is 448 g/mol. The minimum atomic E-state index is -0.269. The fourth-order valence-electron chi connectivity index (χ4n) is 4.48. The lowest BCUT2D eigenvalue weighted by atomic mass is 10.0. The highest BCUT2D eigenvalue weighted by atomic mass is 35.5. The van der Waals surface area contributed by atoms with Gasteiger partial charge in [0.2, 0.25) is 5.90 Å². The second-order valence-electron chi connectivity index (χ2n) is 8.69. The topological polar surface area (TPSA) is 40.5 Å². The molecule has 3 aromatic rings. The number of anilines is 2. The summed E-state index contributed by atoms with van der Waals surface area (Å²) >= 11 is 6.39. The summed E-state index contributed by atoms with van der Waals surface area (Å²) in [6, 6.07) is 22.4. The van der Waals surface area contributed by atoms with Crippen LogP contribution in [0.5, 0.6) is 5.75 Å². The molecule has 0 aromatic heterocycles. The molecule has 0 radical (unpaired) electrons. The van der Waals surface area contributed by atoms with Gasteiger partial charge < -0.3 is 19.4 Å². The SMILES string of the molecule is COc1ccc(N2OC(C)=NC2c2ccc(-c3ccccc3Cl)cc2)cc1N1CCN(C)CC1. The molecule has 1 atom stereocenters. The Balaban J connectivity index is 1.44. The summed E-state index contributed by atoms with van der Waals surface area (Å²) in [5.74, 6) is 1.50. The third kappa shape index (κ3) is 4.43. The molecule has 34 heavy (non-hydrogen) atoms. The first-order chi connectivity index (χ1) is 16.5. The van der Waals surface area contributed by atoms with Crippen LogP contribution >= 0.6 is 11.6 Å². The van der Waals surface area contributed by atoms with Crippen LogP contribution in [0.1, 0.15) is 18.7 Å². The van der Waals surface area contributed by atoms with Crippen molar-refractivity contribution in [2.24, 2.45) is 4.99 Å². The number of nitrogens with zero attached hydrogens (tertiary/aromatic N) is 4. The summed E-state index contributed by atoms with van der Waals surface area (Å²) in [7, 11) is 3.88. The van der Waals surface area contributed by atoms with E-state index in [1.807, 2.05) is 48.4 Å². The van der Waals surface area contributed by atoms with Crippen molar-refractivity contribution in [3.8, 4) is 16.9 Å². The highest BCUT2D eigenvalue weighted by Crippen LogP contribution is 2.39. The maximum atomic E-state index is 6.39. The van der Waals surface area contributed by atoms with E-state index in [9.17, 15) is 0 Å². The van der Waals surface area contributed by atoms with Crippen LogP contribution in [-0.2, 0) is 4.84 Å². The third-order valence-electron chi connectivity index (χ3n) is 6.41. The molecule has 6 nitrogen and oxygen atoms in total. The van der Waals surface area contributed by atoms with Gasteiger partial charge in [0.1, 0.15) is 5.75 Å². The Labute approximate surface area is 205 Å². The molecule has 1 fully saturated rings. The molecule has 7 heteroatoms. The van der Waals surface area contributed by atoms with Crippen LogP contribution in [0.4, 0.5) is 11.4 Å². The number of halogens is 1. The van der Waals surface area contributed by atoms with E-state index in [0.29, 0.717) is 5.90 Å². The van der Waals surface area contributed by atoms with Crippen LogP contribution in [-0.4, -0.2) is 51.1 Å². The van der Waals surface area contributed by atoms with Crippen molar-refractivity contribution in [1.29, 1.82) is 0 Å². The normalized spacial score (nSPS) is 18.6. The number of rotatable bonds is 5. The lowest BCUT2D eigenvalue weighted by Gasteiger charge is -2.35. The molecule has 2 heterocycles. The Kier molecular flexibility index (Phi) is 6.35. The van der Waals surface area contributed by atoms with E-state index >= 15 is 0 Å². The van der Waals surface area contributed by atoms with Gasteiger partial charge in [0.15, 0.2) is 6.17 Å². The number of methoxy groups -OCH3 is 1. The fraction of sp³-hybridized carbons (Fsp3) is 0.296. The van der Waals surface area contributed by atoms with Gasteiger partial charge in [-0.3, -0.25) is 0 Å². The number of hydrogen-bond acceptors (Lipinski definition) is 6. The Hall–Kier alpha value is -3.22. The monoisotopic (exact) mass is 476 g/mol. The molecule has 3 aromatic carbocycles. The molecule has 0 bridgehead atoms. The highest BCUT2D eigenvalue weighted by molar-refractivity contribution is 6.33. The second-order valence-corrected chi connectivity index (χ2v) is 9.09. The number of likely N-dealkylation sites (N-methyl/N-ethyl adjacent to an activating group) is 1. The summed E-state index contributed by atoms with van der Waals surface area (Å²) in [6.07, 6.45) is -0.269. The van der Waals surface area contributed by atoms with E-state index in [4.69, 9.17) is 26.2 Å². The molecule has 0 spiro atoms. The van der Waals surface area contributed by atoms with E-state index in [1.165, 1.54) is 0 Å². The number of hydroxylamine groups is 1. The van der Waals surface area contributed by atoms with E-state index < -0.39 is 0 Å². The van der Waals surface area contributed by atoms with Gasteiger partial charge in [-0.25, -0.2) is 4.99 Å². The highest BCUT2D eigenvalue weighted by Gasteiger charge is 2.30. The van der Waals surface area contributed by atoms with Crippen LogP contribution in [0.3, 0.4) is 0 Å². The van der Waals surface area contributed by atoms with Crippen molar-refractivity contribution >= 4 is 28.9 Å². The number of piperazine rings is 1. The van der Waals surface area contributed by atoms with Gasteiger partial charge in [-0.1, -0.05) is 54.1 Å². The van der Waals surface area contributed by atoms with E-state index in [1.54, 1.807) is 7.11 Å². The molecular formula is C27H29ClN4O2. The first-order valence-corrected chi connectivity index (χ1v) is 11.9. The average molecular weight is 477 g/mol. The maximum Gasteiger partial charge on any atom is 0.217 e. The molecule has 2 aliphatic heterocycles. The first kappa shape index (κ1) is 22.6. The van der Waals surface area contributed by atoms with Gasteiger partial charge in [0.25, 0.3) is 0 Å². The predicted octanol–water partition coefficient (Wildman–Crippen LogP) is 5.64. The van der Waals surface area contributed by atoms with Crippen molar-refractivity contribution in [2.75, 3.05) is 50.3 Å². The number of aliphatic imine (C=N–C) groups is 1. The van der Waals surface area contributed by atoms with Gasteiger partial charge in [-0.2, -0.15) is 5.06 Å². The van der Waals surface area contributed by atoms with Crippen LogP contribution in [0.15, 0.2) is 71.7 Å². The van der Waals surface area contributed by atoms with Gasteiger partial charge in [0, 0.05) is 43.7 Å². The minimum Gasteiger partial charge on any atom is -0.495 e. The minimum absolute atomic E-state index is 0.269. The lowest BCUT2D eigenvalue weighted by molar-refractivity contribution is 0.266. The van der Waals surface area contributed by atoms with Gasteiger partial charge in [-0.15, -0.1) is 0 Å². The zero-order valence-corrected chi connectivity index (χ0v) is 20.5. The Bertz CT molecular complexity index is 1190. The van der Waals surface area contributed by atoms with Crippen molar-refractivity contribution in [2.45, 2.75) is 13.1 Å². The molecule has 1 unspecified atom stereocenters. The maximum absolute atomic E-state index is 6.39. The van der Waals surface area contributed by atoms with Crippen LogP contribution in [0, 0.1) is 0 Å². The van der Waals surface area contributed by atoms with Crippen molar-refractivity contribution < 1.29 is 9.57 Å². The van der Waals surface area contributed by atoms with Gasteiger partial charge in [-0.05, 0) is 42.4 Å². The van der Waals surface area contributed by atoms with E-state index in [-0.39, 0.29) is 6.17 Å². The smallest absolute Gasteiger partial charge is 0.217 e. The number of hydrogen-bond donors (Lipinski definition) is 0. The van der Waals surface area contributed by atoms with Crippen molar-refractivity contribution in [3.63, 3.8) is 0 Å². The zero-order chi connectivity index (χ0) is 23.7. The molecule has 1 saturated heterocycles. The molecule has 0 aliphatic carbocycles. The van der Waals surface area contributed by atoms with E-state index in [2.05, 4.69) is 47.2 Å². The van der Waals surface area contributed by atoms with Gasteiger partial charge >= 0.3 is 0 Å². The molecule has 2 aliphatic rings. The standard InChI is InChI=1S/C27H29ClN4O2/c1-19-29-27(21-10-8-20(9-11-21)23-6-4-5-7-24(23)28)32(34-19)22-12-13-26(33-3)25(18-22)31-16-14-30(2)15-17-31/h4-13,18,27H,14-17H2,1-3H3. The average Bonchev–Trinajstić information content (AvgIpc) is 3.26. The first-order valence-electron chi connectivity index (χ1n) is 11.5. The van der Waals surface area contributed by atoms with Crippen molar-refractivity contribution in [1.82, 2.24) is 4.90 Å². The van der Waals surface area contributed by atoms with E-state index in [0.717, 1.165) is 65.0 Å².